The van der Waals surface area contributed by atoms with Crippen LogP contribution in [-0.2, 0) is 4.79 Å². The second-order valence-corrected chi connectivity index (χ2v) is 8.13. The van der Waals surface area contributed by atoms with E-state index in [-0.39, 0.29) is 17.9 Å². The summed E-state index contributed by atoms with van der Waals surface area (Å²) in [7, 11) is -3.94. The third-order valence-electron chi connectivity index (χ3n) is 3.76. The Labute approximate surface area is 147 Å². The highest BCUT2D eigenvalue weighted by Crippen LogP contribution is 2.68. The van der Waals surface area contributed by atoms with Gasteiger partial charge in [0.2, 0.25) is 0 Å². The summed E-state index contributed by atoms with van der Waals surface area (Å²) in [5.74, 6) is -3.44. The molecule has 1 unspecified atom stereocenters. The summed E-state index contributed by atoms with van der Waals surface area (Å²) in [5, 5.41) is 31.1. The number of hydrogen-bond acceptors (Lipinski definition) is 7. The Morgan fingerprint density at radius 3 is 2.15 bits per heavy atom. The molecule has 26 heavy (non-hydrogen) atoms. The molecule has 12 heteroatoms. The fourth-order valence-corrected chi connectivity index (χ4v) is 5.94. The normalized spacial score (nSPS) is 18.7. The van der Waals surface area contributed by atoms with Gasteiger partial charge in [-0.1, -0.05) is 0 Å². The molecule has 0 spiro atoms. The number of carboxylic acid groups (broad SMARTS) is 2. The lowest BCUT2D eigenvalue weighted by Crippen LogP contribution is -2.42. The molecule has 1 heterocycles. The van der Waals surface area contributed by atoms with E-state index in [1.165, 1.54) is 0 Å². The van der Waals surface area contributed by atoms with Crippen LogP contribution in [0.15, 0.2) is 17.0 Å². The van der Waals surface area contributed by atoms with Gasteiger partial charge in [0.25, 0.3) is 10.5 Å². The van der Waals surface area contributed by atoms with Crippen LogP contribution in [0, 0.1) is 5.41 Å². The average molecular weight is 385 g/mol. The molecule has 8 N–H and O–H groups in total. The maximum Gasteiger partial charge on any atom is 0.336 e. The summed E-state index contributed by atoms with van der Waals surface area (Å²) in [5.41, 5.74) is 9.02. The number of carbonyl (C=O) groups is 4. The molecule has 0 bridgehead atoms. The van der Waals surface area contributed by atoms with Crippen LogP contribution < -0.4 is 16.2 Å². The highest BCUT2D eigenvalue weighted by atomic mass is 32.3. The molecule has 2 amide bonds. The summed E-state index contributed by atoms with van der Waals surface area (Å²) >= 11 is 0. The van der Waals surface area contributed by atoms with Gasteiger partial charge in [-0.05, 0) is 22.2 Å². The van der Waals surface area contributed by atoms with Crippen molar-refractivity contribution in [2.45, 2.75) is 10.1 Å². The molecule has 1 aliphatic heterocycles. The number of rotatable bonds is 5. The van der Waals surface area contributed by atoms with Gasteiger partial charge in [0.15, 0.2) is 0 Å². The molecule has 11 nitrogen and oxygen atoms in total. The van der Waals surface area contributed by atoms with Crippen molar-refractivity contribution in [2.24, 2.45) is 11.5 Å². The highest BCUT2D eigenvalue weighted by Gasteiger charge is 2.60. The van der Waals surface area contributed by atoms with Crippen LogP contribution >= 0.6 is 10.0 Å². The first-order chi connectivity index (χ1) is 12.1. The Morgan fingerprint density at radius 2 is 1.73 bits per heavy atom. The van der Waals surface area contributed by atoms with E-state index >= 15 is 0 Å². The molecule has 140 valence electrons. The zero-order chi connectivity index (χ0) is 19.8. The number of ether oxygens (including phenoxy) is 1. The van der Waals surface area contributed by atoms with Crippen LogP contribution in [-0.4, -0.2) is 61.9 Å². The SMILES string of the molecule is N=C1c2c(OCCO)ccc(C(=O)O)c2S(C(N)=O)(C(N)=O)C1C(=O)O. The van der Waals surface area contributed by atoms with E-state index in [2.05, 4.69) is 0 Å². The van der Waals surface area contributed by atoms with Crippen molar-refractivity contribution in [3.05, 3.63) is 23.3 Å². The molecule has 1 aromatic carbocycles. The lowest BCUT2D eigenvalue weighted by molar-refractivity contribution is -0.135. The molecule has 1 atom stereocenters. The Hall–Kier alpha value is -3.12. The number of aromatic carboxylic acids is 1. The van der Waals surface area contributed by atoms with E-state index in [1.54, 1.807) is 0 Å². The fourth-order valence-electron chi connectivity index (χ4n) is 2.83. The van der Waals surface area contributed by atoms with Crippen LogP contribution in [0.1, 0.15) is 15.9 Å². The van der Waals surface area contributed by atoms with Crippen molar-refractivity contribution in [1.82, 2.24) is 0 Å². The Kier molecular flexibility index (Phi) is 4.91. The molecule has 0 saturated heterocycles. The maximum atomic E-state index is 12.2. The monoisotopic (exact) mass is 385 g/mol. The topological polar surface area (TPSA) is 214 Å². The summed E-state index contributed by atoms with van der Waals surface area (Å²) < 4.78 is 5.22. The third-order valence-corrected chi connectivity index (χ3v) is 7.25. The van der Waals surface area contributed by atoms with Gasteiger partial charge in [-0.25, -0.2) is 4.79 Å². The molecule has 2 rings (SSSR count). The summed E-state index contributed by atoms with van der Waals surface area (Å²) in [6.07, 6.45) is 0. The summed E-state index contributed by atoms with van der Waals surface area (Å²) in [6.45, 7) is -0.672. The van der Waals surface area contributed by atoms with Crippen molar-refractivity contribution in [2.75, 3.05) is 13.2 Å². The molecule has 0 aromatic heterocycles. The quantitative estimate of drug-likeness (QED) is 0.401. The molecule has 0 aliphatic carbocycles. The standard InChI is InChI=1S/C14H15N3O8S/c15-8-7-6(25-4-3-18)2-1-5(11(19)20)9(7)26(13(16)23,14(17)24)10(8)12(21)22/h1-2,10,15,18H,3-4H2,(H2,16,23)(H2,17,24)(H,19,20)(H,21,22). The van der Waals surface area contributed by atoms with Crippen LogP contribution in [0.4, 0.5) is 9.59 Å². The second-order valence-electron chi connectivity index (χ2n) is 5.12. The van der Waals surface area contributed by atoms with Crippen LogP contribution in [0.5, 0.6) is 5.75 Å². The number of nitrogens with two attached hydrogens (primary N) is 2. The zero-order valence-corrected chi connectivity index (χ0v) is 13.9. The van der Waals surface area contributed by atoms with Gasteiger partial charge < -0.3 is 36.9 Å². The minimum atomic E-state index is -3.94. The Bertz CT molecular complexity index is 839. The average Bonchev–Trinajstić information content (AvgIpc) is 2.83. The molecule has 0 radical (unpaired) electrons. The Morgan fingerprint density at radius 1 is 1.15 bits per heavy atom. The smallest absolute Gasteiger partial charge is 0.336 e. The molecule has 1 aliphatic rings. The van der Waals surface area contributed by atoms with Gasteiger partial charge in [-0.3, -0.25) is 14.4 Å². The van der Waals surface area contributed by atoms with Crippen LogP contribution in [0.2, 0.25) is 0 Å². The molecule has 1 aromatic rings. The first kappa shape index (κ1) is 19.2. The number of benzene rings is 1. The van der Waals surface area contributed by atoms with Crippen molar-refractivity contribution in [3.63, 3.8) is 0 Å². The van der Waals surface area contributed by atoms with Crippen molar-refractivity contribution >= 4 is 38.2 Å². The highest BCUT2D eigenvalue weighted by molar-refractivity contribution is 8.57. The number of aliphatic hydroxyl groups excluding tert-OH is 1. The van der Waals surface area contributed by atoms with E-state index in [0.717, 1.165) is 12.1 Å². The largest absolute Gasteiger partial charge is 0.490 e. The minimum Gasteiger partial charge on any atom is -0.490 e. The van der Waals surface area contributed by atoms with Gasteiger partial charge >= 0.3 is 11.9 Å². The van der Waals surface area contributed by atoms with E-state index in [4.69, 9.17) is 26.7 Å². The first-order valence-corrected chi connectivity index (χ1v) is 8.68. The van der Waals surface area contributed by atoms with E-state index < -0.39 is 60.5 Å². The maximum absolute atomic E-state index is 12.2. The fraction of sp³-hybridized carbons (Fsp3) is 0.214. The van der Waals surface area contributed by atoms with Crippen molar-refractivity contribution in [3.8, 4) is 5.75 Å². The minimum absolute atomic E-state index is 0.160. The van der Waals surface area contributed by atoms with Gasteiger partial charge in [-0.15, -0.1) is 0 Å². The number of fused-ring (bicyclic) bond motifs is 1. The van der Waals surface area contributed by atoms with Crippen molar-refractivity contribution in [1.29, 1.82) is 5.41 Å². The predicted octanol–water partition coefficient (Wildman–Crippen LogP) is -0.0885. The lowest BCUT2D eigenvalue weighted by Gasteiger charge is -2.33. The number of aliphatic hydroxyl groups is 1. The third kappa shape index (κ3) is 2.46. The number of carbonyl (C=O) groups excluding carboxylic acids is 2. The molecule has 0 saturated carbocycles. The van der Waals surface area contributed by atoms with E-state index in [1.807, 2.05) is 0 Å². The summed E-state index contributed by atoms with van der Waals surface area (Å²) in [6, 6.07) is 2.14. The molecular formula is C14H15N3O8S. The number of nitrogens with one attached hydrogen (secondary N) is 1. The zero-order valence-electron chi connectivity index (χ0n) is 13.1. The van der Waals surface area contributed by atoms with Crippen LogP contribution in [0.3, 0.4) is 0 Å². The van der Waals surface area contributed by atoms with Gasteiger partial charge in [0, 0.05) is 4.90 Å². The van der Waals surface area contributed by atoms with Crippen molar-refractivity contribution < 1.29 is 39.2 Å². The number of amides is 2. The second kappa shape index (κ2) is 6.65. The molecule has 0 fully saturated rings. The number of aliphatic carboxylic acids is 1. The lowest BCUT2D eigenvalue weighted by atomic mass is 10.0. The number of hydrogen-bond donors (Lipinski definition) is 6. The molecular weight excluding hydrogens is 370 g/mol. The first-order valence-electron chi connectivity index (χ1n) is 6.99. The van der Waals surface area contributed by atoms with Gasteiger partial charge in [0.05, 0.1) is 23.4 Å². The predicted molar refractivity (Wildman–Crippen MR) is 89.3 cm³/mol. The number of primary amides is 2. The van der Waals surface area contributed by atoms with Gasteiger partial charge in [-0.2, -0.15) is 0 Å². The summed E-state index contributed by atoms with van der Waals surface area (Å²) in [4.78, 5) is 47.3. The number of carboxylic acids is 2. The Balaban J connectivity index is 3.01. The van der Waals surface area contributed by atoms with E-state index in [9.17, 15) is 29.4 Å². The van der Waals surface area contributed by atoms with Crippen LogP contribution in [0.25, 0.3) is 0 Å². The van der Waals surface area contributed by atoms with E-state index in [0.29, 0.717) is 0 Å². The van der Waals surface area contributed by atoms with Gasteiger partial charge in [0.1, 0.15) is 17.6 Å².